The van der Waals surface area contributed by atoms with E-state index in [2.05, 4.69) is 67.5 Å². The van der Waals surface area contributed by atoms with Crippen LogP contribution in [-0.2, 0) is 16.0 Å². The normalized spacial score (nSPS) is 34.5. The number of rotatable bonds is 8. The lowest BCUT2D eigenvalue weighted by Crippen LogP contribution is -2.78. The zero-order valence-electron chi connectivity index (χ0n) is 19.7. The van der Waals surface area contributed by atoms with Gasteiger partial charge in [-0.05, 0) is 43.1 Å². The van der Waals surface area contributed by atoms with Gasteiger partial charge in [-0.2, -0.15) is 0 Å². The second-order valence-electron chi connectivity index (χ2n) is 11.0. The number of fused-ring (bicyclic) bond motifs is 1. The Hall–Kier alpha value is -1.72. The van der Waals surface area contributed by atoms with E-state index in [9.17, 15) is 9.59 Å². The predicted molar refractivity (Wildman–Crippen MR) is 124 cm³/mol. The van der Waals surface area contributed by atoms with Gasteiger partial charge in [0.1, 0.15) is 11.3 Å². The molecule has 4 bridgehead atoms. The van der Waals surface area contributed by atoms with Gasteiger partial charge in [0, 0.05) is 37.5 Å². The second kappa shape index (κ2) is 8.67. The Bertz CT molecular complexity index is 808. The van der Waals surface area contributed by atoms with Crippen LogP contribution < -0.4 is 10.6 Å². The van der Waals surface area contributed by atoms with Crippen LogP contribution in [0.3, 0.4) is 0 Å². The minimum atomic E-state index is -0.684. The molecule has 4 aliphatic rings. The average molecular weight is 426 g/mol. The zero-order chi connectivity index (χ0) is 22.3. The summed E-state index contributed by atoms with van der Waals surface area (Å²) in [5.41, 5.74) is 0.585. The first-order chi connectivity index (χ1) is 14.7. The summed E-state index contributed by atoms with van der Waals surface area (Å²) >= 11 is 0. The molecule has 0 spiro atoms. The van der Waals surface area contributed by atoms with Crippen molar-refractivity contribution in [2.45, 2.75) is 65.1 Å². The first-order valence-corrected chi connectivity index (χ1v) is 12.1. The van der Waals surface area contributed by atoms with Gasteiger partial charge in [-0.15, -0.1) is 0 Å². The maximum Gasteiger partial charge on any atom is 0.240 e. The van der Waals surface area contributed by atoms with Gasteiger partial charge >= 0.3 is 0 Å². The van der Waals surface area contributed by atoms with Crippen LogP contribution in [0.15, 0.2) is 30.3 Å². The number of nitrogens with one attached hydrogen (secondary N) is 2. The van der Waals surface area contributed by atoms with Crippen LogP contribution in [0.2, 0.25) is 0 Å². The number of likely N-dealkylation sites (tertiary alicyclic amines) is 1. The Kier molecular flexibility index (Phi) is 6.28. The molecule has 6 atom stereocenters. The number of carbonyl (C=O) groups is 2. The van der Waals surface area contributed by atoms with Crippen LogP contribution in [0.4, 0.5) is 0 Å². The summed E-state index contributed by atoms with van der Waals surface area (Å²) in [6.45, 7) is 13.2. The first-order valence-electron chi connectivity index (χ1n) is 12.1. The van der Waals surface area contributed by atoms with Gasteiger partial charge in [0.15, 0.2) is 0 Å². The van der Waals surface area contributed by atoms with E-state index in [0.717, 1.165) is 25.9 Å². The first kappa shape index (κ1) is 22.5. The fourth-order valence-electron chi connectivity index (χ4n) is 6.64. The maximum atomic E-state index is 13.8. The van der Waals surface area contributed by atoms with Crippen molar-refractivity contribution in [2.75, 3.05) is 19.6 Å². The highest BCUT2D eigenvalue weighted by atomic mass is 16.2. The third-order valence-corrected chi connectivity index (χ3v) is 7.67. The molecule has 5 nitrogen and oxygen atoms in total. The molecule has 5 heteroatoms. The summed E-state index contributed by atoms with van der Waals surface area (Å²) in [5, 5.41) is 6.88. The van der Waals surface area contributed by atoms with Crippen molar-refractivity contribution in [2.24, 2.45) is 29.6 Å². The van der Waals surface area contributed by atoms with E-state index in [4.69, 9.17) is 0 Å². The number of piperidine rings is 2. The molecule has 1 saturated carbocycles. The van der Waals surface area contributed by atoms with Crippen molar-refractivity contribution in [3.05, 3.63) is 35.9 Å². The zero-order valence-corrected chi connectivity index (χ0v) is 19.7. The molecule has 170 valence electrons. The van der Waals surface area contributed by atoms with Crippen molar-refractivity contribution in [3.63, 3.8) is 0 Å². The van der Waals surface area contributed by atoms with Crippen LogP contribution >= 0.6 is 0 Å². The molecule has 3 saturated heterocycles. The third kappa shape index (κ3) is 4.07. The predicted octanol–water partition coefficient (Wildman–Crippen LogP) is 2.89. The summed E-state index contributed by atoms with van der Waals surface area (Å²) in [6, 6.07) is 10.6. The third-order valence-electron chi connectivity index (χ3n) is 7.67. The van der Waals surface area contributed by atoms with Crippen LogP contribution in [0.5, 0.6) is 0 Å². The molecule has 1 unspecified atom stereocenters. The summed E-state index contributed by atoms with van der Waals surface area (Å²) in [5.74, 6) is 2.06. The molecule has 5 rings (SSSR count). The number of ketones is 1. The fraction of sp³-hybridized carbons (Fsp3) is 0.692. The smallest absolute Gasteiger partial charge is 0.240 e. The largest absolute Gasteiger partial charge is 0.354 e. The minimum Gasteiger partial charge on any atom is -0.354 e. The molecule has 3 aliphatic heterocycles. The highest BCUT2D eigenvalue weighted by Gasteiger charge is 2.68. The molecule has 31 heavy (non-hydrogen) atoms. The van der Waals surface area contributed by atoms with E-state index in [1.807, 2.05) is 6.07 Å². The van der Waals surface area contributed by atoms with Gasteiger partial charge < -0.3 is 5.32 Å². The molecular weight excluding hydrogens is 386 g/mol. The van der Waals surface area contributed by atoms with Gasteiger partial charge in [-0.3, -0.25) is 19.8 Å². The molecular formula is C26H39N3O2. The van der Waals surface area contributed by atoms with Gasteiger partial charge in [-0.25, -0.2) is 0 Å². The number of hydrogen-bond acceptors (Lipinski definition) is 4. The number of nitrogens with zero attached hydrogens (tertiary/aromatic N) is 1. The van der Waals surface area contributed by atoms with E-state index in [-0.39, 0.29) is 29.7 Å². The topological polar surface area (TPSA) is 61.4 Å². The van der Waals surface area contributed by atoms with Gasteiger partial charge in [0.2, 0.25) is 5.91 Å². The van der Waals surface area contributed by atoms with E-state index in [1.165, 1.54) is 5.56 Å². The van der Waals surface area contributed by atoms with Crippen LogP contribution in [0.25, 0.3) is 0 Å². The van der Waals surface area contributed by atoms with Crippen molar-refractivity contribution in [3.8, 4) is 0 Å². The Morgan fingerprint density at radius 1 is 1.16 bits per heavy atom. The summed E-state index contributed by atoms with van der Waals surface area (Å²) in [7, 11) is 0. The van der Waals surface area contributed by atoms with E-state index in [0.29, 0.717) is 30.2 Å². The second-order valence-corrected chi connectivity index (χ2v) is 11.0. The van der Waals surface area contributed by atoms with E-state index in [1.54, 1.807) is 6.92 Å². The number of amides is 1. The molecule has 1 aromatic carbocycles. The number of Topliss-reactive ketones (excluding diaryl/α,β-unsaturated/α-hetero) is 1. The Morgan fingerprint density at radius 3 is 2.48 bits per heavy atom. The maximum absolute atomic E-state index is 13.8. The molecule has 2 N–H and O–H groups in total. The van der Waals surface area contributed by atoms with Gasteiger partial charge in [0.05, 0.1) is 6.04 Å². The molecule has 3 heterocycles. The number of carbonyl (C=O) groups excluding carboxylic acids is 2. The SMILES string of the molecule is CC(=O)C1N[C@@]2(C(=O)NCC(C)C)C[C@@H]3CN(CC(C)C)[C@H]([C@H]13)[C@H]2Cc1ccccc1. The van der Waals surface area contributed by atoms with Crippen molar-refractivity contribution >= 4 is 11.7 Å². The lowest BCUT2D eigenvalue weighted by Gasteiger charge is -2.59. The summed E-state index contributed by atoms with van der Waals surface area (Å²) in [6.07, 6.45) is 1.68. The standard InChI is InChI=1S/C26H39N3O2/c1-16(2)13-27-25(31)26-12-20-15-29(14-17(3)4)24(22(20)23(28-26)18(5)30)21(26)11-19-9-7-6-8-10-19/h6-10,16-17,20-24,28H,11-15H2,1-5H3,(H,27,31)/t20-,21-,22+,23?,24+,26+/m1/s1. The average Bonchev–Trinajstić information content (AvgIpc) is 3.01. The van der Waals surface area contributed by atoms with Gasteiger partial charge in [-0.1, -0.05) is 58.0 Å². The van der Waals surface area contributed by atoms with E-state index >= 15 is 0 Å². The molecule has 1 aliphatic carbocycles. The lowest BCUT2D eigenvalue weighted by molar-refractivity contribution is -0.146. The molecule has 0 radical (unpaired) electrons. The van der Waals surface area contributed by atoms with Crippen molar-refractivity contribution < 1.29 is 9.59 Å². The van der Waals surface area contributed by atoms with Crippen LogP contribution in [-0.4, -0.2) is 53.8 Å². The quantitative estimate of drug-likeness (QED) is 0.672. The fourth-order valence-corrected chi connectivity index (χ4v) is 6.64. The Labute approximate surface area is 187 Å². The van der Waals surface area contributed by atoms with Crippen molar-refractivity contribution in [1.82, 2.24) is 15.5 Å². The van der Waals surface area contributed by atoms with E-state index < -0.39 is 5.54 Å². The monoisotopic (exact) mass is 425 g/mol. The highest BCUT2D eigenvalue weighted by Crippen LogP contribution is 2.55. The molecule has 4 fully saturated rings. The lowest BCUT2D eigenvalue weighted by atomic mass is 9.55. The summed E-state index contributed by atoms with van der Waals surface area (Å²) < 4.78 is 0. The Balaban J connectivity index is 1.75. The van der Waals surface area contributed by atoms with Crippen molar-refractivity contribution in [1.29, 1.82) is 0 Å². The number of benzene rings is 1. The highest BCUT2D eigenvalue weighted by molar-refractivity contribution is 5.91. The van der Waals surface area contributed by atoms with Crippen LogP contribution in [0.1, 0.15) is 46.6 Å². The summed E-state index contributed by atoms with van der Waals surface area (Å²) in [4.78, 5) is 29.1. The number of hydrogen-bond donors (Lipinski definition) is 2. The van der Waals surface area contributed by atoms with Gasteiger partial charge in [0.25, 0.3) is 0 Å². The Morgan fingerprint density at radius 2 is 1.87 bits per heavy atom. The molecule has 1 aromatic rings. The molecule has 0 aromatic heterocycles. The minimum absolute atomic E-state index is 0.0907. The van der Waals surface area contributed by atoms with Crippen LogP contribution in [0, 0.1) is 29.6 Å². The molecule has 1 amide bonds.